The van der Waals surface area contributed by atoms with Gasteiger partial charge in [-0.2, -0.15) is 0 Å². The van der Waals surface area contributed by atoms with Gasteiger partial charge in [-0.1, -0.05) is 6.58 Å². The Bertz CT molecular complexity index is 531. The average molecular weight is 302 g/mol. The fraction of sp³-hybridized carbons (Fsp3) is 0.412. The molecule has 1 N–H and O–H groups in total. The molecule has 1 heterocycles. The van der Waals surface area contributed by atoms with Crippen molar-refractivity contribution in [1.29, 1.82) is 0 Å². The average Bonchev–Trinajstić information content (AvgIpc) is 2.56. The van der Waals surface area contributed by atoms with Gasteiger partial charge in [-0.25, -0.2) is 0 Å². The molecule has 0 unspecified atom stereocenters. The van der Waals surface area contributed by atoms with Gasteiger partial charge in [0.05, 0.1) is 6.10 Å². The molecule has 1 aromatic rings. The Morgan fingerprint density at radius 2 is 1.95 bits per heavy atom. The largest absolute Gasteiger partial charge is 0.378 e. The highest BCUT2D eigenvalue weighted by molar-refractivity contribution is 5.99. The molecular formula is C17H22N2O3. The second-order valence-electron chi connectivity index (χ2n) is 5.22. The number of carbonyl (C=O) groups excluding carboxylic acids is 2. The van der Waals surface area contributed by atoms with Crippen molar-refractivity contribution in [2.45, 2.75) is 25.9 Å². The van der Waals surface area contributed by atoms with Crippen molar-refractivity contribution in [2.24, 2.45) is 0 Å². The summed E-state index contributed by atoms with van der Waals surface area (Å²) < 4.78 is 5.59. The smallest absolute Gasteiger partial charge is 0.253 e. The highest BCUT2D eigenvalue weighted by Gasteiger charge is 2.23. The highest BCUT2D eigenvalue weighted by Crippen LogP contribution is 2.17. The number of rotatable bonds is 5. The summed E-state index contributed by atoms with van der Waals surface area (Å²) in [5.41, 5.74) is 1.28. The van der Waals surface area contributed by atoms with Crippen LogP contribution in [-0.2, 0) is 9.53 Å². The van der Waals surface area contributed by atoms with E-state index in [0.29, 0.717) is 11.3 Å². The van der Waals surface area contributed by atoms with Crippen molar-refractivity contribution < 1.29 is 14.3 Å². The van der Waals surface area contributed by atoms with Crippen molar-refractivity contribution in [1.82, 2.24) is 4.90 Å². The normalized spacial score (nSPS) is 15.4. The van der Waals surface area contributed by atoms with Crippen molar-refractivity contribution in [3.8, 4) is 0 Å². The number of nitrogens with zero attached hydrogens (tertiary/aromatic N) is 1. The van der Waals surface area contributed by atoms with Crippen molar-refractivity contribution in [3.05, 3.63) is 42.5 Å². The molecule has 22 heavy (non-hydrogen) atoms. The summed E-state index contributed by atoms with van der Waals surface area (Å²) in [5.74, 6) is -0.242. The van der Waals surface area contributed by atoms with E-state index in [4.69, 9.17) is 4.74 Å². The van der Waals surface area contributed by atoms with Crippen LogP contribution in [0.3, 0.4) is 0 Å². The second-order valence-corrected chi connectivity index (χ2v) is 5.22. The van der Waals surface area contributed by atoms with E-state index < -0.39 is 0 Å². The zero-order chi connectivity index (χ0) is 15.9. The molecule has 5 heteroatoms. The van der Waals surface area contributed by atoms with Crippen LogP contribution in [-0.4, -0.2) is 42.5 Å². The van der Waals surface area contributed by atoms with E-state index in [0.717, 1.165) is 32.5 Å². The van der Waals surface area contributed by atoms with Gasteiger partial charge in [-0.3, -0.25) is 9.59 Å². The lowest BCUT2D eigenvalue weighted by atomic mass is 10.1. The quantitative estimate of drug-likeness (QED) is 0.850. The van der Waals surface area contributed by atoms with E-state index in [-0.39, 0.29) is 17.9 Å². The minimum atomic E-state index is -0.267. The molecule has 0 aliphatic carbocycles. The topological polar surface area (TPSA) is 58.6 Å². The predicted octanol–water partition coefficient (Wildman–Crippen LogP) is 2.45. The van der Waals surface area contributed by atoms with Gasteiger partial charge in [0.15, 0.2) is 0 Å². The van der Waals surface area contributed by atoms with Crippen molar-refractivity contribution in [3.63, 3.8) is 0 Å². The molecule has 1 aromatic carbocycles. The second kappa shape index (κ2) is 7.75. The van der Waals surface area contributed by atoms with Gasteiger partial charge in [0, 0.05) is 30.9 Å². The predicted molar refractivity (Wildman–Crippen MR) is 85.8 cm³/mol. The number of benzene rings is 1. The lowest BCUT2D eigenvalue weighted by Crippen LogP contribution is -2.40. The molecule has 1 aliphatic rings. The molecule has 0 radical (unpaired) electrons. The summed E-state index contributed by atoms with van der Waals surface area (Å²) in [7, 11) is 0. The molecule has 2 rings (SSSR count). The van der Waals surface area contributed by atoms with Crippen LogP contribution in [0.1, 0.15) is 30.1 Å². The number of anilines is 1. The van der Waals surface area contributed by atoms with E-state index >= 15 is 0 Å². The van der Waals surface area contributed by atoms with Gasteiger partial charge >= 0.3 is 0 Å². The Kier molecular flexibility index (Phi) is 5.72. The summed E-state index contributed by atoms with van der Waals surface area (Å²) in [6.45, 7) is 7.55. The van der Waals surface area contributed by atoms with Crippen LogP contribution >= 0.6 is 0 Å². The van der Waals surface area contributed by atoms with Gasteiger partial charge in [0.1, 0.15) is 0 Å². The lowest BCUT2D eigenvalue weighted by Gasteiger charge is -2.31. The summed E-state index contributed by atoms with van der Waals surface area (Å²) in [6, 6.07) is 6.91. The third-order valence-electron chi connectivity index (χ3n) is 3.72. The molecule has 5 nitrogen and oxygen atoms in total. The van der Waals surface area contributed by atoms with E-state index in [1.807, 2.05) is 11.8 Å². The highest BCUT2D eigenvalue weighted by atomic mass is 16.5. The molecule has 1 aliphatic heterocycles. The molecule has 118 valence electrons. The Labute approximate surface area is 130 Å². The molecule has 1 fully saturated rings. The maximum absolute atomic E-state index is 12.4. The third-order valence-corrected chi connectivity index (χ3v) is 3.72. The van der Waals surface area contributed by atoms with Gasteiger partial charge < -0.3 is 15.0 Å². The number of likely N-dealkylation sites (tertiary alicyclic amines) is 1. The van der Waals surface area contributed by atoms with Crippen LogP contribution in [0.4, 0.5) is 5.69 Å². The molecular weight excluding hydrogens is 280 g/mol. The first-order valence-corrected chi connectivity index (χ1v) is 7.58. The van der Waals surface area contributed by atoms with Crippen LogP contribution in [0.2, 0.25) is 0 Å². The minimum Gasteiger partial charge on any atom is -0.378 e. The Morgan fingerprint density at radius 1 is 1.32 bits per heavy atom. The number of nitrogens with one attached hydrogen (secondary N) is 1. The number of hydrogen-bond acceptors (Lipinski definition) is 3. The van der Waals surface area contributed by atoms with E-state index in [1.165, 1.54) is 6.08 Å². The van der Waals surface area contributed by atoms with E-state index in [2.05, 4.69) is 11.9 Å². The fourth-order valence-corrected chi connectivity index (χ4v) is 2.53. The summed E-state index contributed by atoms with van der Waals surface area (Å²) in [5, 5.41) is 2.66. The Morgan fingerprint density at radius 3 is 2.50 bits per heavy atom. The molecule has 0 spiro atoms. The third kappa shape index (κ3) is 4.18. The zero-order valence-corrected chi connectivity index (χ0v) is 12.9. The van der Waals surface area contributed by atoms with E-state index in [1.54, 1.807) is 24.3 Å². The zero-order valence-electron chi connectivity index (χ0n) is 12.9. The monoisotopic (exact) mass is 302 g/mol. The first-order chi connectivity index (χ1) is 10.6. The number of piperidine rings is 1. The lowest BCUT2D eigenvalue weighted by molar-refractivity contribution is -0.111. The molecule has 0 saturated carbocycles. The molecule has 2 amide bonds. The van der Waals surface area contributed by atoms with Gasteiger partial charge in [-0.05, 0) is 50.1 Å². The summed E-state index contributed by atoms with van der Waals surface area (Å²) >= 11 is 0. The molecule has 0 bridgehead atoms. The van der Waals surface area contributed by atoms with Crippen molar-refractivity contribution in [2.75, 3.05) is 25.0 Å². The van der Waals surface area contributed by atoms with Crippen LogP contribution in [0.15, 0.2) is 36.9 Å². The van der Waals surface area contributed by atoms with Crippen molar-refractivity contribution >= 4 is 17.5 Å². The van der Waals surface area contributed by atoms with E-state index in [9.17, 15) is 9.59 Å². The number of hydrogen-bond donors (Lipinski definition) is 1. The standard InChI is InChI=1S/C17H22N2O3/c1-3-16(20)18-14-7-5-13(6-8-14)17(21)19-11-9-15(10-12-19)22-4-2/h3,5-8,15H,1,4,9-12H2,2H3,(H,18,20). The molecule has 0 aromatic heterocycles. The Hall–Kier alpha value is -2.14. The van der Waals surface area contributed by atoms with Gasteiger partial charge in [0.2, 0.25) is 5.91 Å². The maximum atomic E-state index is 12.4. The van der Waals surface area contributed by atoms with Crippen LogP contribution in [0.5, 0.6) is 0 Å². The SMILES string of the molecule is C=CC(=O)Nc1ccc(C(=O)N2CCC(OCC)CC2)cc1. The summed E-state index contributed by atoms with van der Waals surface area (Å²) in [6.07, 6.45) is 3.24. The Balaban J connectivity index is 1.93. The van der Waals surface area contributed by atoms with Crippen LogP contribution < -0.4 is 5.32 Å². The number of amides is 2. The minimum absolute atomic E-state index is 0.0246. The fourth-order valence-electron chi connectivity index (χ4n) is 2.53. The van der Waals surface area contributed by atoms with Gasteiger partial charge in [0.25, 0.3) is 5.91 Å². The maximum Gasteiger partial charge on any atom is 0.253 e. The van der Waals surface area contributed by atoms with Gasteiger partial charge in [-0.15, -0.1) is 0 Å². The van der Waals surface area contributed by atoms with Crippen LogP contribution in [0.25, 0.3) is 0 Å². The summed E-state index contributed by atoms with van der Waals surface area (Å²) in [4.78, 5) is 25.5. The first-order valence-electron chi connectivity index (χ1n) is 7.58. The molecule has 0 atom stereocenters. The van der Waals surface area contributed by atoms with Crippen LogP contribution in [0, 0.1) is 0 Å². The molecule has 1 saturated heterocycles. The number of carbonyl (C=O) groups is 2. The number of ether oxygens (including phenoxy) is 1. The first kappa shape index (κ1) is 16.2.